The Bertz CT molecular complexity index is 657. The van der Waals surface area contributed by atoms with Crippen molar-refractivity contribution in [2.24, 2.45) is 0 Å². The van der Waals surface area contributed by atoms with Crippen LogP contribution in [0, 0.1) is 0 Å². The van der Waals surface area contributed by atoms with Gasteiger partial charge in [0.1, 0.15) is 0 Å². The number of ether oxygens (including phenoxy) is 1. The monoisotopic (exact) mass is 344 g/mol. The van der Waals surface area contributed by atoms with Crippen LogP contribution < -0.4 is 5.56 Å². The van der Waals surface area contributed by atoms with Gasteiger partial charge in [-0.25, -0.2) is 4.98 Å². The van der Waals surface area contributed by atoms with E-state index in [1.165, 1.54) is 21.0 Å². The fraction of sp³-hybridized carbons (Fsp3) is 0.714. The Morgan fingerprint density at radius 2 is 2.17 bits per heavy atom. The van der Waals surface area contributed by atoms with Crippen LogP contribution in [0.15, 0.2) is 17.2 Å². The molecular formula is C14H24N4O4S. The first-order chi connectivity index (χ1) is 11.0. The van der Waals surface area contributed by atoms with Gasteiger partial charge in [-0.05, 0) is 12.8 Å². The minimum Gasteiger partial charge on any atom is -0.375 e. The molecule has 130 valence electrons. The van der Waals surface area contributed by atoms with Crippen molar-refractivity contribution in [3.8, 4) is 0 Å². The van der Waals surface area contributed by atoms with Crippen molar-refractivity contribution < 1.29 is 13.2 Å². The Morgan fingerprint density at radius 3 is 2.83 bits per heavy atom. The highest BCUT2D eigenvalue weighted by molar-refractivity contribution is 7.86. The summed E-state index contributed by atoms with van der Waals surface area (Å²) in [7, 11) is -3.43. The molecular weight excluding hydrogens is 320 g/mol. The number of aromatic amines is 1. The molecule has 0 amide bonds. The van der Waals surface area contributed by atoms with Gasteiger partial charge in [0.2, 0.25) is 0 Å². The van der Waals surface area contributed by atoms with Crippen molar-refractivity contribution in [3.05, 3.63) is 28.4 Å². The Hall–Kier alpha value is -1.29. The molecule has 9 heteroatoms. The first kappa shape index (κ1) is 18.1. The summed E-state index contributed by atoms with van der Waals surface area (Å²) in [6, 6.07) is 1.45. The van der Waals surface area contributed by atoms with E-state index in [4.69, 9.17) is 4.74 Å². The SMILES string of the molecule is CCN(CC)S(=O)(=O)N1CCO[C@H](CCc2cc(=O)[nH]cn2)C1. The molecule has 0 saturated carbocycles. The van der Waals surface area contributed by atoms with Gasteiger partial charge in [0.15, 0.2) is 0 Å². The number of rotatable bonds is 7. The van der Waals surface area contributed by atoms with E-state index in [1.54, 1.807) is 0 Å². The van der Waals surface area contributed by atoms with Crippen molar-refractivity contribution in [2.75, 3.05) is 32.8 Å². The number of morpholine rings is 1. The van der Waals surface area contributed by atoms with Gasteiger partial charge in [-0.3, -0.25) is 4.79 Å². The zero-order chi connectivity index (χ0) is 16.9. The first-order valence-corrected chi connectivity index (χ1v) is 9.27. The number of H-pyrrole nitrogens is 1. The van der Waals surface area contributed by atoms with Crippen molar-refractivity contribution in [1.82, 2.24) is 18.6 Å². The third-order valence-corrected chi connectivity index (χ3v) is 6.07. The summed E-state index contributed by atoms with van der Waals surface area (Å²) in [4.78, 5) is 17.8. The zero-order valence-corrected chi connectivity index (χ0v) is 14.4. The topological polar surface area (TPSA) is 95.6 Å². The second kappa shape index (κ2) is 8.00. The normalized spacial score (nSPS) is 20.0. The summed E-state index contributed by atoms with van der Waals surface area (Å²) in [6.45, 7) is 5.67. The fourth-order valence-corrected chi connectivity index (χ4v) is 4.28. The number of nitrogens with zero attached hydrogens (tertiary/aromatic N) is 3. The Kier molecular flexibility index (Phi) is 6.28. The van der Waals surface area contributed by atoms with Crippen LogP contribution in [0.4, 0.5) is 0 Å². The van der Waals surface area contributed by atoms with Gasteiger partial charge in [0, 0.05) is 37.9 Å². The second-order valence-corrected chi connectivity index (χ2v) is 7.31. The van der Waals surface area contributed by atoms with Gasteiger partial charge < -0.3 is 9.72 Å². The first-order valence-electron chi connectivity index (χ1n) is 7.87. The van der Waals surface area contributed by atoms with E-state index in [0.29, 0.717) is 51.3 Å². The van der Waals surface area contributed by atoms with Gasteiger partial charge in [-0.15, -0.1) is 0 Å². The summed E-state index contributed by atoms with van der Waals surface area (Å²) in [6.07, 6.45) is 2.39. The van der Waals surface area contributed by atoms with Crippen LogP contribution in [-0.2, 0) is 21.4 Å². The lowest BCUT2D eigenvalue weighted by Crippen LogP contribution is -2.51. The highest BCUT2D eigenvalue weighted by Gasteiger charge is 2.32. The molecule has 0 aromatic carbocycles. The number of nitrogens with one attached hydrogen (secondary N) is 1. The predicted octanol–water partition coefficient (Wildman–Crippen LogP) is -0.0101. The minimum atomic E-state index is -3.43. The van der Waals surface area contributed by atoms with Gasteiger partial charge >= 0.3 is 0 Å². The van der Waals surface area contributed by atoms with Gasteiger partial charge in [-0.2, -0.15) is 17.0 Å². The molecule has 23 heavy (non-hydrogen) atoms. The Labute approximate surface area is 136 Å². The zero-order valence-electron chi connectivity index (χ0n) is 13.6. The predicted molar refractivity (Wildman–Crippen MR) is 86.3 cm³/mol. The molecule has 1 aromatic heterocycles. The van der Waals surface area contributed by atoms with E-state index < -0.39 is 10.2 Å². The average Bonchev–Trinajstić information content (AvgIpc) is 2.54. The van der Waals surface area contributed by atoms with Crippen molar-refractivity contribution in [3.63, 3.8) is 0 Å². The molecule has 1 N–H and O–H groups in total. The molecule has 8 nitrogen and oxygen atoms in total. The van der Waals surface area contributed by atoms with Crippen LogP contribution in [0.3, 0.4) is 0 Å². The number of aromatic nitrogens is 2. The maximum atomic E-state index is 12.6. The van der Waals surface area contributed by atoms with Crippen molar-refractivity contribution >= 4 is 10.2 Å². The number of hydrogen-bond donors (Lipinski definition) is 1. The summed E-state index contributed by atoms with van der Waals surface area (Å²) in [5.41, 5.74) is 0.492. The van der Waals surface area contributed by atoms with Crippen LogP contribution in [-0.4, -0.2) is 65.9 Å². The summed E-state index contributed by atoms with van der Waals surface area (Å²) in [5, 5.41) is 0. The average molecular weight is 344 g/mol. The second-order valence-electron chi connectivity index (χ2n) is 5.38. The van der Waals surface area contributed by atoms with Gasteiger partial charge in [-0.1, -0.05) is 13.8 Å². The maximum absolute atomic E-state index is 12.6. The summed E-state index contributed by atoms with van der Waals surface area (Å²) < 4.78 is 33.7. The number of aryl methyl sites for hydroxylation is 1. The van der Waals surface area contributed by atoms with E-state index in [-0.39, 0.29) is 11.7 Å². The lowest BCUT2D eigenvalue weighted by atomic mass is 10.1. The third kappa shape index (κ3) is 4.60. The summed E-state index contributed by atoms with van der Waals surface area (Å²) in [5.74, 6) is 0. The standard InChI is InChI=1S/C14H24N4O4S/c1-3-17(4-2)23(20,21)18-7-8-22-13(10-18)6-5-12-9-14(19)16-11-15-12/h9,11,13H,3-8,10H2,1-2H3,(H,15,16,19)/t13-/m1/s1. The highest BCUT2D eigenvalue weighted by atomic mass is 32.2. The lowest BCUT2D eigenvalue weighted by molar-refractivity contribution is -0.00699. The van der Waals surface area contributed by atoms with Crippen LogP contribution in [0.2, 0.25) is 0 Å². The molecule has 2 rings (SSSR count). The fourth-order valence-electron chi connectivity index (χ4n) is 2.64. The van der Waals surface area contributed by atoms with Crippen molar-refractivity contribution in [2.45, 2.75) is 32.8 Å². The lowest BCUT2D eigenvalue weighted by Gasteiger charge is -2.35. The molecule has 1 atom stereocenters. The third-order valence-electron chi connectivity index (χ3n) is 3.92. The van der Waals surface area contributed by atoms with E-state index in [9.17, 15) is 13.2 Å². The van der Waals surface area contributed by atoms with Crippen LogP contribution in [0.5, 0.6) is 0 Å². The molecule has 1 saturated heterocycles. The molecule has 0 unspecified atom stereocenters. The van der Waals surface area contributed by atoms with E-state index in [0.717, 1.165) is 0 Å². The van der Waals surface area contributed by atoms with Gasteiger partial charge in [0.05, 0.1) is 19.0 Å². The molecule has 0 radical (unpaired) electrons. The van der Waals surface area contributed by atoms with E-state index in [2.05, 4.69) is 9.97 Å². The molecule has 0 bridgehead atoms. The largest absolute Gasteiger partial charge is 0.375 e. The minimum absolute atomic E-state index is 0.185. The quantitative estimate of drug-likeness (QED) is 0.750. The molecule has 2 heterocycles. The van der Waals surface area contributed by atoms with E-state index in [1.807, 2.05) is 13.8 Å². The van der Waals surface area contributed by atoms with Crippen molar-refractivity contribution in [1.29, 1.82) is 0 Å². The highest BCUT2D eigenvalue weighted by Crippen LogP contribution is 2.16. The van der Waals surface area contributed by atoms with Crippen LogP contribution >= 0.6 is 0 Å². The molecule has 1 fully saturated rings. The van der Waals surface area contributed by atoms with E-state index >= 15 is 0 Å². The molecule has 1 aliphatic heterocycles. The smallest absolute Gasteiger partial charge is 0.282 e. The molecule has 0 spiro atoms. The molecule has 0 aliphatic carbocycles. The molecule has 1 aromatic rings. The van der Waals surface area contributed by atoms with Crippen LogP contribution in [0.25, 0.3) is 0 Å². The Balaban J connectivity index is 1.97. The maximum Gasteiger partial charge on any atom is 0.282 e. The number of hydrogen-bond acceptors (Lipinski definition) is 5. The van der Waals surface area contributed by atoms with Crippen LogP contribution in [0.1, 0.15) is 26.0 Å². The van der Waals surface area contributed by atoms with Gasteiger partial charge in [0.25, 0.3) is 15.8 Å². The molecule has 1 aliphatic rings. The Morgan fingerprint density at radius 1 is 1.43 bits per heavy atom. The summed E-state index contributed by atoms with van der Waals surface area (Å²) >= 11 is 0.